The van der Waals surface area contributed by atoms with Crippen molar-refractivity contribution >= 4 is 11.6 Å². The number of hydrogen-bond acceptors (Lipinski definition) is 4. The molecule has 1 aromatic rings. The minimum absolute atomic E-state index is 0.162. The molecule has 0 saturated carbocycles. The fourth-order valence-corrected chi connectivity index (χ4v) is 3.55. The summed E-state index contributed by atoms with van der Waals surface area (Å²) in [5.41, 5.74) is 2.04. The van der Waals surface area contributed by atoms with Crippen LogP contribution in [0.1, 0.15) is 33.6 Å². The van der Waals surface area contributed by atoms with Crippen molar-refractivity contribution in [2.75, 3.05) is 26.2 Å². The van der Waals surface area contributed by atoms with E-state index in [-0.39, 0.29) is 11.6 Å². The second-order valence-corrected chi connectivity index (χ2v) is 6.45. The average Bonchev–Trinajstić information content (AvgIpc) is 3.22. The van der Waals surface area contributed by atoms with E-state index in [1.54, 1.807) is 24.3 Å². The highest BCUT2D eigenvalue weighted by atomic mass is 16.2. The summed E-state index contributed by atoms with van der Waals surface area (Å²) in [5, 5.41) is 0. The quantitative estimate of drug-likeness (QED) is 0.634. The molecule has 0 spiro atoms. The lowest BCUT2D eigenvalue weighted by Gasteiger charge is -2.22. The second kappa shape index (κ2) is 6.21. The van der Waals surface area contributed by atoms with Crippen LogP contribution >= 0.6 is 0 Å². The fraction of sp³-hybridized carbons (Fsp3) is 0.300. The van der Waals surface area contributed by atoms with Crippen LogP contribution in [0.5, 0.6) is 0 Å². The van der Waals surface area contributed by atoms with Crippen molar-refractivity contribution in [3.8, 4) is 0 Å². The molecule has 0 bridgehead atoms. The van der Waals surface area contributed by atoms with Gasteiger partial charge in [-0.1, -0.05) is 24.3 Å². The number of carbonyl (C=O) groups is 2. The van der Waals surface area contributed by atoms with Crippen molar-refractivity contribution in [2.45, 2.75) is 12.8 Å². The lowest BCUT2D eigenvalue weighted by Crippen LogP contribution is -2.29. The summed E-state index contributed by atoms with van der Waals surface area (Å²) in [6.45, 7) is 4.36. The first-order chi connectivity index (χ1) is 11.7. The van der Waals surface area contributed by atoms with Crippen LogP contribution in [0.2, 0.25) is 0 Å². The van der Waals surface area contributed by atoms with E-state index in [0.29, 0.717) is 22.3 Å². The second-order valence-electron chi connectivity index (χ2n) is 6.45. The van der Waals surface area contributed by atoms with E-state index in [4.69, 9.17) is 0 Å². The fourth-order valence-electron chi connectivity index (χ4n) is 3.55. The summed E-state index contributed by atoms with van der Waals surface area (Å²) in [6, 6.07) is 7.04. The van der Waals surface area contributed by atoms with Gasteiger partial charge in [-0.05, 0) is 43.7 Å². The molecule has 0 aromatic heterocycles. The SMILES string of the molecule is O=C1C(=C2C=CN(CCN3CCCC3)C=C2)C(=O)c2ccccc21. The van der Waals surface area contributed by atoms with Gasteiger partial charge in [-0.2, -0.15) is 0 Å². The minimum atomic E-state index is -0.162. The molecule has 3 aliphatic rings. The van der Waals surface area contributed by atoms with Crippen LogP contribution in [0.25, 0.3) is 0 Å². The van der Waals surface area contributed by atoms with E-state index < -0.39 is 0 Å². The predicted molar refractivity (Wildman–Crippen MR) is 92.8 cm³/mol. The van der Waals surface area contributed by atoms with E-state index in [9.17, 15) is 9.59 Å². The van der Waals surface area contributed by atoms with Gasteiger partial charge in [0.2, 0.25) is 0 Å². The van der Waals surface area contributed by atoms with Gasteiger partial charge < -0.3 is 9.80 Å². The Kier molecular flexibility index (Phi) is 3.90. The molecule has 4 rings (SSSR count). The molecule has 0 amide bonds. The molecule has 4 heteroatoms. The maximum absolute atomic E-state index is 12.5. The van der Waals surface area contributed by atoms with Crippen molar-refractivity contribution in [3.05, 3.63) is 71.1 Å². The molecular formula is C20H20N2O2. The molecule has 24 heavy (non-hydrogen) atoms. The summed E-state index contributed by atoms with van der Waals surface area (Å²) < 4.78 is 0. The van der Waals surface area contributed by atoms with Gasteiger partial charge in [0.15, 0.2) is 11.6 Å². The van der Waals surface area contributed by atoms with Crippen molar-refractivity contribution < 1.29 is 9.59 Å². The Hall–Kier alpha value is -2.46. The van der Waals surface area contributed by atoms with E-state index in [1.165, 1.54) is 25.9 Å². The van der Waals surface area contributed by atoms with Gasteiger partial charge in [-0.25, -0.2) is 0 Å². The van der Waals surface area contributed by atoms with Crippen LogP contribution in [0, 0.1) is 0 Å². The first-order valence-electron chi connectivity index (χ1n) is 8.51. The summed E-state index contributed by atoms with van der Waals surface area (Å²) in [4.78, 5) is 29.6. The smallest absolute Gasteiger partial charge is 0.198 e. The first kappa shape index (κ1) is 15.1. The standard InChI is InChI=1S/C20H20N2O2/c23-19-16-5-1-2-6-17(16)20(24)18(19)15-7-11-22(12-8-15)14-13-21-9-3-4-10-21/h1-2,5-8,11-12H,3-4,9-10,13-14H2. The summed E-state index contributed by atoms with van der Waals surface area (Å²) in [6.07, 6.45) is 10.3. The number of allylic oxidation sites excluding steroid dienone is 4. The van der Waals surface area contributed by atoms with Crippen LogP contribution in [0.15, 0.2) is 60.0 Å². The molecule has 1 aliphatic carbocycles. The van der Waals surface area contributed by atoms with Crippen molar-refractivity contribution in [3.63, 3.8) is 0 Å². The summed E-state index contributed by atoms with van der Waals surface area (Å²) in [5.74, 6) is -0.323. The Labute approximate surface area is 141 Å². The van der Waals surface area contributed by atoms with Crippen molar-refractivity contribution in [1.29, 1.82) is 0 Å². The molecule has 4 nitrogen and oxygen atoms in total. The molecule has 2 aliphatic heterocycles. The highest BCUT2D eigenvalue weighted by molar-refractivity contribution is 6.40. The van der Waals surface area contributed by atoms with E-state index >= 15 is 0 Å². The minimum Gasteiger partial charge on any atom is -0.353 e. The Balaban J connectivity index is 1.49. The Bertz CT molecular complexity index is 730. The highest BCUT2D eigenvalue weighted by Gasteiger charge is 2.34. The van der Waals surface area contributed by atoms with E-state index in [0.717, 1.165) is 13.1 Å². The number of carbonyl (C=O) groups excluding carboxylic acids is 2. The zero-order valence-electron chi connectivity index (χ0n) is 13.6. The number of rotatable bonds is 3. The van der Waals surface area contributed by atoms with E-state index in [2.05, 4.69) is 9.80 Å². The molecule has 0 atom stereocenters. The molecule has 2 heterocycles. The normalized spacial score (nSPS) is 20.4. The van der Waals surface area contributed by atoms with Crippen LogP contribution < -0.4 is 0 Å². The zero-order valence-corrected chi connectivity index (χ0v) is 13.6. The molecular weight excluding hydrogens is 300 g/mol. The van der Waals surface area contributed by atoms with Crippen LogP contribution in [0.3, 0.4) is 0 Å². The van der Waals surface area contributed by atoms with Crippen molar-refractivity contribution in [1.82, 2.24) is 9.80 Å². The Morgan fingerprint density at radius 3 is 2.00 bits per heavy atom. The number of Topliss-reactive ketones (excluding diaryl/α,β-unsaturated/α-hetero) is 2. The number of ketones is 2. The monoisotopic (exact) mass is 320 g/mol. The van der Waals surface area contributed by atoms with Gasteiger partial charge in [-0.3, -0.25) is 9.59 Å². The summed E-state index contributed by atoms with van der Waals surface area (Å²) >= 11 is 0. The predicted octanol–water partition coefficient (Wildman–Crippen LogP) is 2.80. The average molecular weight is 320 g/mol. The molecule has 122 valence electrons. The number of likely N-dealkylation sites (tertiary alicyclic amines) is 1. The Morgan fingerprint density at radius 2 is 1.42 bits per heavy atom. The van der Waals surface area contributed by atoms with Crippen LogP contribution in [-0.4, -0.2) is 47.5 Å². The lowest BCUT2D eigenvalue weighted by molar-refractivity contribution is 0.0988. The van der Waals surface area contributed by atoms with Gasteiger partial charge in [0.05, 0.1) is 5.57 Å². The molecule has 1 aromatic carbocycles. The molecule has 1 fully saturated rings. The van der Waals surface area contributed by atoms with Gasteiger partial charge >= 0.3 is 0 Å². The molecule has 0 N–H and O–H groups in total. The number of benzene rings is 1. The number of nitrogens with zero attached hydrogens (tertiary/aromatic N) is 2. The third-order valence-corrected chi connectivity index (χ3v) is 4.92. The van der Waals surface area contributed by atoms with Crippen LogP contribution in [-0.2, 0) is 0 Å². The van der Waals surface area contributed by atoms with Gasteiger partial charge in [0.1, 0.15) is 0 Å². The van der Waals surface area contributed by atoms with Gasteiger partial charge in [0, 0.05) is 36.6 Å². The molecule has 1 saturated heterocycles. The maximum atomic E-state index is 12.5. The molecule has 0 radical (unpaired) electrons. The van der Waals surface area contributed by atoms with Crippen molar-refractivity contribution in [2.24, 2.45) is 0 Å². The highest BCUT2D eigenvalue weighted by Crippen LogP contribution is 2.30. The lowest BCUT2D eigenvalue weighted by atomic mass is 10.0. The largest absolute Gasteiger partial charge is 0.353 e. The first-order valence-corrected chi connectivity index (χ1v) is 8.51. The number of hydrogen-bond donors (Lipinski definition) is 0. The maximum Gasteiger partial charge on any atom is 0.198 e. The molecule has 0 unspecified atom stereocenters. The third-order valence-electron chi connectivity index (χ3n) is 4.92. The topological polar surface area (TPSA) is 40.6 Å². The van der Waals surface area contributed by atoms with Crippen LogP contribution in [0.4, 0.5) is 0 Å². The summed E-state index contributed by atoms with van der Waals surface area (Å²) in [7, 11) is 0. The van der Waals surface area contributed by atoms with E-state index in [1.807, 2.05) is 24.6 Å². The third kappa shape index (κ3) is 2.63. The van der Waals surface area contributed by atoms with Gasteiger partial charge in [0.25, 0.3) is 0 Å². The Morgan fingerprint density at radius 1 is 0.833 bits per heavy atom. The van der Waals surface area contributed by atoms with Gasteiger partial charge in [-0.15, -0.1) is 0 Å². The number of fused-ring (bicyclic) bond motifs is 1. The zero-order chi connectivity index (χ0) is 16.5.